The van der Waals surface area contributed by atoms with Crippen molar-refractivity contribution in [1.82, 2.24) is 0 Å². The lowest BCUT2D eigenvalue weighted by atomic mass is 9.95. The van der Waals surface area contributed by atoms with Crippen molar-refractivity contribution >= 4 is 0 Å². The molecule has 0 radical (unpaired) electrons. The lowest BCUT2D eigenvalue weighted by Gasteiger charge is -2.24. The van der Waals surface area contributed by atoms with Crippen molar-refractivity contribution in [3.63, 3.8) is 0 Å². The average molecular weight is 203 g/mol. The fourth-order valence-corrected chi connectivity index (χ4v) is 1.47. The topological polar surface area (TPSA) is 66.5 Å². The van der Waals surface area contributed by atoms with Crippen LogP contribution < -0.4 is 5.73 Å². The normalized spacial score (nSPS) is 12.0. The van der Waals surface area contributed by atoms with Gasteiger partial charge in [-0.05, 0) is 6.42 Å². The van der Waals surface area contributed by atoms with Gasteiger partial charge < -0.3 is 15.9 Å². The van der Waals surface area contributed by atoms with Crippen molar-refractivity contribution in [2.75, 3.05) is 13.2 Å². The molecule has 0 heterocycles. The third kappa shape index (κ3) is 6.35. The summed E-state index contributed by atoms with van der Waals surface area (Å²) in [7, 11) is 0. The van der Waals surface area contributed by atoms with Crippen LogP contribution in [0.4, 0.5) is 0 Å². The van der Waals surface area contributed by atoms with Gasteiger partial charge in [0.25, 0.3) is 0 Å². The van der Waals surface area contributed by atoms with E-state index in [2.05, 4.69) is 6.92 Å². The maximum Gasteiger partial charge on any atom is 0.0633 e. The second-order valence-corrected chi connectivity index (χ2v) is 4.20. The summed E-state index contributed by atoms with van der Waals surface area (Å²) in [5, 5.41) is 17.9. The summed E-state index contributed by atoms with van der Waals surface area (Å²) >= 11 is 0. The van der Waals surface area contributed by atoms with Crippen LogP contribution in [0.3, 0.4) is 0 Å². The first-order valence-corrected chi connectivity index (χ1v) is 5.69. The van der Waals surface area contributed by atoms with Crippen LogP contribution in [-0.2, 0) is 0 Å². The highest BCUT2D eigenvalue weighted by Gasteiger charge is 2.21. The Bertz CT molecular complexity index is 124. The fourth-order valence-electron chi connectivity index (χ4n) is 1.47. The molecule has 0 atom stereocenters. The first-order valence-electron chi connectivity index (χ1n) is 5.69. The molecule has 0 aromatic rings. The van der Waals surface area contributed by atoms with Gasteiger partial charge in [0.1, 0.15) is 0 Å². The molecule has 0 aromatic heterocycles. The third-order valence-electron chi connectivity index (χ3n) is 2.66. The smallest absolute Gasteiger partial charge is 0.0633 e. The maximum absolute atomic E-state index is 8.94. The van der Waals surface area contributed by atoms with Gasteiger partial charge in [0.15, 0.2) is 0 Å². The van der Waals surface area contributed by atoms with Crippen molar-refractivity contribution < 1.29 is 10.2 Å². The Morgan fingerprint density at radius 3 is 1.93 bits per heavy atom. The quantitative estimate of drug-likeness (QED) is 0.496. The van der Waals surface area contributed by atoms with Gasteiger partial charge in [-0.15, -0.1) is 0 Å². The molecule has 0 saturated heterocycles. The molecule has 0 aliphatic heterocycles. The fraction of sp³-hybridized carbons (Fsp3) is 1.00. The molecular weight excluding hydrogens is 178 g/mol. The molecule has 0 aliphatic rings. The predicted molar refractivity (Wildman–Crippen MR) is 59.1 cm³/mol. The van der Waals surface area contributed by atoms with Crippen LogP contribution in [0.15, 0.2) is 0 Å². The number of aliphatic hydroxyl groups excluding tert-OH is 2. The first kappa shape index (κ1) is 13.9. The Morgan fingerprint density at radius 2 is 1.43 bits per heavy atom. The number of hydrogen-bond acceptors (Lipinski definition) is 3. The molecular formula is C11H25NO2. The second-order valence-electron chi connectivity index (χ2n) is 4.20. The molecule has 0 fully saturated rings. The minimum absolute atomic E-state index is 0.127. The van der Waals surface area contributed by atoms with E-state index >= 15 is 0 Å². The molecule has 4 N–H and O–H groups in total. The highest BCUT2D eigenvalue weighted by Crippen LogP contribution is 2.13. The average Bonchev–Trinajstić information content (AvgIpc) is 2.23. The number of unbranched alkanes of at least 4 members (excludes halogenated alkanes) is 5. The third-order valence-corrected chi connectivity index (χ3v) is 2.66. The zero-order chi connectivity index (χ0) is 10.9. The lowest BCUT2D eigenvalue weighted by Crippen LogP contribution is -2.47. The van der Waals surface area contributed by atoms with E-state index in [1.54, 1.807) is 0 Å². The van der Waals surface area contributed by atoms with E-state index < -0.39 is 5.54 Å². The van der Waals surface area contributed by atoms with Crippen LogP contribution in [0.25, 0.3) is 0 Å². The highest BCUT2D eigenvalue weighted by molar-refractivity contribution is 4.81. The molecule has 0 unspecified atom stereocenters. The molecule has 0 spiro atoms. The molecule has 3 nitrogen and oxygen atoms in total. The van der Waals surface area contributed by atoms with Crippen molar-refractivity contribution in [2.24, 2.45) is 5.73 Å². The molecule has 86 valence electrons. The van der Waals surface area contributed by atoms with E-state index in [1.807, 2.05) is 0 Å². The molecule has 3 heteroatoms. The predicted octanol–water partition coefficient (Wildman–Crippen LogP) is 1.42. The van der Waals surface area contributed by atoms with E-state index in [9.17, 15) is 0 Å². The molecule has 0 rings (SSSR count). The van der Waals surface area contributed by atoms with Gasteiger partial charge in [0, 0.05) is 0 Å². The van der Waals surface area contributed by atoms with Gasteiger partial charge in [-0.1, -0.05) is 45.4 Å². The SMILES string of the molecule is CCCCCCCCC(N)(CO)CO. The van der Waals surface area contributed by atoms with Crippen molar-refractivity contribution in [3.8, 4) is 0 Å². The summed E-state index contributed by atoms with van der Waals surface area (Å²) in [5.74, 6) is 0. The van der Waals surface area contributed by atoms with Gasteiger partial charge in [0.05, 0.1) is 18.8 Å². The molecule has 0 bridgehead atoms. The molecule has 0 saturated carbocycles. The van der Waals surface area contributed by atoms with Gasteiger partial charge in [-0.2, -0.15) is 0 Å². The van der Waals surface area contributed by atoms with Crippen molar-refractivity contribution in [3.05, 3.63) is 0 Å². The van der Waals surface area contributed by atoms with Crippen LogP contribution in [0.5, 0.6) is 0 Å². The van der Waals surface area contributed by atoms with Crippen LogP contribution in [0, 0.1) is 0 Å². The summed E-state index contributed by atoms with van der Waals surface area (Å²) in [6.45, 7) is 1.94. The number of aliphatic hydroxyl groups is 2. The van der Waals surface area contributed by atoms with E-state index in [0.717, 1.165) is 12.8 Å². The van der Waals surface area contributed by atoms with Crippen LogP contribution in [0.1, 0.15) is 51.9 Å². The Hall–Kier alpha value is -0.120. The zero-order valence-corrected chi connectivity index (χ0v) is 9.34. The molecule has 0 aromatic carbocycles. The van der Waals surface area contributed by atoms with E-state index in [0.29, 0.717) is 6.42 Å². The summed E-state index contributed by atoms with van der Waals surface area (Å²) in [6, 6.07) is 0. The Kier molecular flexibility index (Phi) is 8.14. The zero-order valence-electron chi connectivity index (χ0n) is 9.34. The highest BCUT2D eigenvalue weighted by atomic mass is 16.3. The maximum atomic E-state index is 8.94. The van der Waals surface area contributed by atoms with Gasteiger partial charge >= 0.3 is 0 Å². The first-order chi connectivity index (χ1) is 6.68. The summed E-state index contributed by atoms with van der Waals surface area (Å²) in [6.07, 6.45) is 7.95. The minimum Gasteiger partial charge on any atom is -0.394 e. The Labute approximate surface area is 87.3 Å². The lowest BCUT2D eigenvalue weighted by molar-refractivity contribution is 0.112. The summed E-state index contributed by atoms with van der Waals surface area (Å²) in [4.78, 5) is 0. The molecule has 14 heavy (non-hydrogen) atoms. The van der Waals surface area contributed by atoms with E-state index in [4.69, 9.17) is 15.9 Å². The van der Waals surface area contributed by atoms with Gasteiger partial charge in [-0.25, -0.2) is 0 Å². The number of hydrogen-bond donors (Lipinski definition) is 3. The van der Waals surface area contributed by atoms with Crippen molar-refractivity contribution in [2.45, 2.75) is 57.4 Å². The standard InChI is InChI=1S/C11H25NO2/c1-2-3-4-5-6-7-8-11(12,9-13)10-14/h13-14H,2-10,12H2,1H3. The van der Waals surface area contributed by atoms with Crippen LogP contribution >= 0.6 is 0 Å². The Morgan fingerprint density at radius 1 is 0.929 bits per heavy atom. The van der Waals surface area contributed by atoms with E-state index in [-0.39, 0.29) is 13.2 Å². The van der Waals surface area contributed by atoms with Crippen LogP contribution in [0.2, 0.25) is 0 Å². The molecule has 0 amide bonds. The minimum atomic E-state index is -0.759. The molecule has 0 aliphatic carbocycles. The van der Waals surface area contributed by atoms with Gasteiger partial charge in [-0.3, -0.25) is 0 Å². The van der Waals surface area contributed by atoms with Crippen molar-refractivity contribution in [1.29, 1.82) is 0 Å². The largest absolute Gasteiger partial charge is 0.394 e. The number of nitrogens with two attached hydrogens (primary N) is 1. The van der Waals surface area contributed by atoms with Crippen LogP contribution in [-0.4, -0.2) is 29.0 Å². The number of rotatable bonds is 9. The van der Waals surface area contributed by atoms with E-state index in [1.165, 1.54) is 25.7 Å². The monoisotopic (exact) mass is 203 g/mol. The van der Waals surface area contributed by atoms with Gasteiger partial charge in [0.2, 0.25) is 0 Å². The summed E-state index contributed by atoms with van der Waals surface area (Å²) in [5.41, 5.74) is 4.98. The Balaban J connectivity index is 3.34. The summed E-state index contributed by atoms with van der Waals surface area (Å²) < 4.78 is 0. The second kappa shape index (κ2) is 8.21.